The van der Waals surface area contributed by atoms with E-state index in [2.05, 4.69) is 28.7 Å². The molecule has 0 aromatic carbocycles. The van der Waals surface area contributed by atoms with Crippen LogP contribution >= 0.6 is 0 Å². The van der Waals surface area contributed by atoms with Crippen LogP contribution in [-0.4, -0.2) is 26.1 Å². The second-order valence-electron chi connectivity index (χ2n) is 1.56. The summed E-state index contributed by atoms with van der Waals surface area (Å²) in [5.74, 6) is 5.07. The number of hydrogen-bond donors (Lipinski definition) is 0. The van der Waals surface area contributed by atoms with E-state index in [0.717, 1.165) is 0 Å². The lowest BCUT2D eigenvalue weighted by molar-refractivity contribution is 0.372. The third-order valence-corrected chi connectivity index (χ3v) is 0.495. The zero-order valence-corrected chi connectivity index (χ0v) is 5.86. The highest BCUT2D eigenvalue weighted by Crippen LogP contribution is 1.63. The molecule has 0 N–H and O–H groups in total. The standard InChI is InChI=1S/C7H9NO/c1-8(2)6-4-5-7-9-3/h1-3H3. The second kappa shape index (κ2) is 4.87. The van der Waals surface area contributed by atoms with Gasteiger partial charge in [0.2, 0.25) is 0 Å². The van der Waals surface area contributed by atoms with Crippen molar-refractivity contribution in [3.05, 3.63) is 0 Å². The molecule has 0 heterocycles. The summed E-state index contributed by atoms with van der Waals surface area (Å²) in [5, 5.41) is 0. The van der Waals surface area contributed by atoms with E-state index in [1.165, 1.54) is 7.11 Å². The van der Waals surface area contributed by atoms with Crippen LogP contribution in [-0.2, 0) is 4.74 Å². The number of rotatable bonds is 0. The van der Waals surface area contributed by atoms with Gasteiger partial charge in [-0.15, -0.1) is 0 Å². The Hall–Kier alpha value is -1.28. The lowest BCUT2D eigenvalue weighted by atomic mass is 10.7. The molecule has 0 atom stereocenters. The normalized spacial score (nSPS) is 5.67. The molecule has 0 aliphatic carbocycles. The Balaban J connectivity index is 3.61. The molecule has 0 saturated carbocycles. The first-order valence-electron chi connectivity index (χ1n) is 2.48. The molecule has 2 heteroatoms. The molecule has 0 saturated heterocycles. The van der Waals surface area contributed by atoms with Crippen molar-refractivity contribution in [1.82, 2.24) is 4.90 Å². The van der Waals surface area contributed by atoms with Gasteiger partial charge in [0.25, 0.3) is 0 Å². The molecule has 0 radical (unpaired) electrons. The quantitative estimate of drug-likeness (QED) is 0.335. The molecule has 0 unspecified atom stereocenters. The van der Waals surface area contributed by atoms with Crippen LogP contribution in [0.4, 0.5) is 0 Å². The van der Waals surface area contributed by atoms with Crippen molar-refractivity contribution in [3.8, 4) is 24.0 Å². The molecule has 0 aliphatic rings. The highest BCUT2D eigenvalue weighted by molar-refractivity contribution is 5.22. The lowest BCUT2D eigenvalue weighted by Crippen LogP contribution is -2.00. The maximum absolute atomic E-state index is 4.44. The van der Waals surface area contributed by atoms with Crippen molar-refractivity contribution in [2.45, 2.75) is 0 Å². The van der Waals surface area contributed by atoms with Gasteiger partial charge in [-0.25, -0.2) is 0 Å². The van der Waals surface area contributed by atoms with Crippen molar-refractivity contribution in [3.63, 3.8) is 0 Å². The maximum atomic E-state index is 4.44. The first-order valence-corrected chi connectivity index (χ1v) is 2.48. The predicted octanol–water partition coefficient (Wildman–Crippen LogP) is 0.116. The topological polar surface area (TPSA) is 12.5 Å². The Morgan fingerprint density at radius 3 is 2.33 bits per heavy atom. The summed E-state index contributed by atoms with van der Waals surface area (Å²) in [4.78, 5) is 1.73. The van der Waals surface area contributed by atoms with E-state index in [1.54, 1.807) is 4.90 Å². The van der Waals surface area contributed by atoms with Gasteiger partial charge in [-0.3, -0.25) is 0 Å². The van der Waals surface area contributed by atoms with E-state index in [9.17, 15) is 0 Å². The van der Waals surface area contributed by atoms with Crippen LogP contribution in [0.1, 0.15) is 0 Å². The number of methoxy groups -OCH3 is 1. The van der Waals surface area contributed by atoms with Crippen molar-refractivity contribution in [2.24, 2.45) is 0 Å². The molecule has 0 rings (SSSR count). The molecule has 0 aromatic rings. The van der Waals surface area contributed by atoms with E-state index < -0.39 is 0 Å². The number of ether oxygens (including phenoxy) is 1. The van der Waals surface area contributed by atoms with Crippen LogP contribution in [0.25, 0.3) is 0 Å². The molecule has 48 valence electrons. The molecular formula is C7H9NO. The fraction of sp³-hybridized carbons (Fsp3) is 0.429. The average molecular weight is 123 g/mol. The highest BCUT2D eigenvalue weighted by atomic mass is 16.5. The van der Waals surface area contributed by atoms with Gasteiger partial charge in [0.15, 0.2) is 0 Å². The Labute approximate surface area is 55.8 Å². The van der Waals surface area contributed by atoms with Crippen LogP contribution in [0.2, 0.25) is 0 Å². The van der Waals surface area contributed by atoms with Crippen molar-refractivity contribution in [2.75, 3.05) is 21.2 Å². The smallest absolute Gasteiger partial charge is 0.124 e. The lowest BCUT2D eigenvalue weighted by Gasteiger charge is -1.94. The minimum Gasteiger partial charge on any atom is -0.449 e. The highest BCUT2D eigenvalue weighted by Gasteiger charge is 1.67. The van der Waals surface area contributed by atoms with E-state index in [1.807, 2.05) is 14.1 Å². The van der Waals surface area contributed by atoms with E-state index in [-0.39, 0.29) is 0 Å². The molecule has 0 fully saturated rings. The molecule has 0 aromatic heterocycles. The Morgan fingerprint density at radius 1 is 1.22 bits per heavy atom. The molecule has 0 bridgehead atoms. The maximum Gasteiger partial charge on any atom is 0.124 e. The van der Waals surface area contributed by atoms with Gasteiger partial charge < -0.3 is 9.64 Å². The number of hydrogen-bond acceptors (Lipinski definition) is 2. The summed E-state index contributed by atoms with van der Waals surface area (Å²) in [6.45, 7) is 0. The largest absolute Gasteiger partial charge is 0.449 e. The predicted molar refractivity (Wildman–Crippen MR) is 36.2 cm³/mol. The van der Waals surface area contributed by atoms with Crippen LogP contribution < -0.4 is 0 Å². The molecule has 0 spiro atoms. The first-order chi connectivity index (χ1) is 4.27. The van der Waals surface area contributed by atoms with Gasteiger partial charge in [-0.05, 0) is 0 Å². The molecular weight excluding hydrogens is 114 g/mol. The van der Waals surface area contributed by atoms with Crippen LogP contribution in [0.5, 0.6) is 0 Å². The monoisotopic (exact) mass is 123 g/mol. The SMILES string of the molecule is COC#CC#CN(C)C. The van der Waals surface area contributed by atoms with Gasteiger partial charge in [0, 0.05) is 32.0 Å². The van der Waals surface area contributed by atoms with Gasteiger partial charge >= 0.3 is 0 Å². The minimum absolute atomic E-state index is 1.50. The van der Waals surface area contributed by atoms with Crippen molar-refractivity contribution < 1.29 is 4.74 Å². The van der Waals surface area contributed by atoms with Gasteiger partial charge in [-0.2, -0.15) is 0 Å². The summed E-state index contributed by atoms with van der Waals surface area (Å²) in [6, 6.07) is 2.71. The second-order valence-corrected chi connectivity index (χ2v) is 1.56. The van der Waals surface area contributed by atoms with Gasteiger partial charge in [0.1, 0.15) is 6.11 Å². The zero-order valence-electron chi connectivity index (χ0n) is 5.86. The summed E-state index contributed by atoms with van der Waals surface area (Å²) in [7, 11) is 5.20. The van der Waals surface area contributed by atoms with E-state index in [0.29, 0.717) is 0 Å². The third-order valence-electron chi connectivity index (χ3n) is 0.495. The van der Waals surface area contributed by atoms with Crippen LogP contribution in [0.3, 0.4) is 0 Å². The third kappa shape index (κ3) is 6.72. The summed E-state index contributed by atoms with van der Waals surface area (Å²) < 4.78 is 4.44. The Bertz CT molecular complexity index is 175. The fourth-order valence-corrected chi connectivity index (χ4v) is 0.216. The first kappa shape index (κ1) is 7.72. The molecule has 0 aliphatic heterocycles. The van der Waals surface area contributed by atoms with Crippen molar-refractivity contribution in [1.29, 1.82) is 0 Å². The Kier molecular flexibility index (Phi) is 4.18. The summed E-state index contributed by atoms with van der Waals surface area (Å²) in [5.41, 5.74) is 0. The minimum atomic E-state index is 1.50. The van der Waals surface area contributed by atoms with Crippen LogP contribution in [0, 0.1) is 24.0 Å². The average Bonchev–Trinajstić information content (AvgIpc) is 1.80. The summed E-state index contributed by atoms with van der Waals surface area (Å²) >= 11 is 0. The molecule has 0 amide bonds. The van der Waals surface area contributed by atoms with E-state index >= 15 is 0 Å². The van der Waals surface area contributed by atoms with Crippen molar-refractivity contribution >= 4 is 0 Å². The summed E-state index contributed by atoms with van der Waals surface area (Å²) in [6.07, 6.45) is 2.35. The fourth-order valence-electron chi connectivity index (χ4n) is 0.216. The van der Waals surface area contributed by atoms with Gasteiger partial charge in [-0.1, -0.05) is 0 Å². The Morgan fingerprint density at radius 2 is 1.89 bits per heavy atom. The molecule has 9 heavy (non-hydrogen) atoms. The van der Waals surface area contributed by atoms with E-state index in [4.69, 9.17) is 0 Å². The molecule has 2 nitrogen and oxygen atoms in total. The van der Waals surface area contributed by atoms with Gasteiger partial charge in [0.05, 0.1) is 7.11 Å². The van der Waals surface area contributed by atoms with Crippen LogP contribution in [0.15, 0.2) is 0 Å². The zero-order chi connectivity index (χ0) is 7.11. The number of nitrogens with zero attached hydrogens (tertiary/aromatic N) is 1.